The number of aryl methyl sites for hydroxylation is 1. The lowest BCUT2D eigenvalue weighted by Crippen LogP contribution is -2.38. The summed E-state index contributed by atoms with van der Waals surface area (Å²) in [5.41, 5.74) is 0.454. The summed E-state index contributed by atoms with van der Waals surface area (Å²) in [7, 11) is 1.57. The average Bonchev–Trinajstić information content (AvgIpc) is 2.73. The molecule has 0 radical (unpaired) electrons. The molecule has 0 unspecified atom stereocenters. The Bertz CT molecular complexity index is 993. The van der Waals surface area contributed by atoms with Crippen LogP contribution < -0.4 is 15.5 Å². The van der Waals surface area contributed by atoms with Crippen molar-refractivity contribution in [2.24, 2.45) is 0 Å². The third-order valence-corrected chi connectivity index (χ3v) is 4.93. The van der Waals surface area contributed by atoms with Crippen molar-refractivity contribution in [1.29, 1.82) is 0 Å². The lowest BCUT2D eigenvalue weighted by atomic mass is 10.1. The summed E-state index contributed by atoms with van der Waals surface area (Å²) < 4.78 is 45.0. The van der Waals surface area contributed by atoms with Crippen LogP contribution in [0.25, 0.3) is 0 Å². The molecule has 1 fully saturated rings. The minimum absolute atomic E-state index is 0.0681. The highest BCUT2D eigenvalue weighted by atomic mass is 19.4. The van der Waals surface area contributed by atoms with Crippen molar-refractivity contribution in [3.05, 3.63) is 47.7 Å². The van der Waals surface area contributed by atoms with Gasteiger partial charge in [0.25, 0.3) is 0 Å². The Morgan fingerprint density at radius 3 is 2.39 bits per heavy atom. The number of alkyl halides is 3. The zero-order valence-electron chi connectivity index (χ0n) is 18.4. The Balaban J connectivity index is 1.64. The summed E-state index contributed by atoms with van der Waals surface area (Å²) in [5.74, 6) is -0.499. The predicted octanol–water partition coefficient (Wildman–Crippen LogP) is 2.75. The monoisotopic (exact) mass is 465 g/mol. The third-order valence-electron chi connectivity index (χ3n) is 4.93. The summed E-state index contributed by atoms with van der Waals surface area (Å²) in [4.78, 5) is 32.3. The number of amides is 2. The number of likely N-dealkylation sites (N-methyl/N-ethyl adjacent to an activating group) is 1. The van der Waals surface area contributed by atoms with Crippen molar-refractivity contribution >= 4 is 29.0 Å². The number of benzene rings is 1. The third kappa shape index (κ3) is 7.16. The van der Waals surface area contributed by atoms with Crippen LogP contribution in [-0.4, -0.2) is 68.1 Å². The molecule has 2 N–H and O–H groups in total. The van der Waals surface area contributed by atoms with Crippen LogP contribution in [0.1, 0.15) is 11.3 Å². The minimum atomic E-state index is -4.54. The zero-order chi connectivity index (χ0) is 24.0. The highest BCUT2D eigenvalue weighted by molar-refractivity contribution is 5.96. The smallest absolute Gasteiger partial charge is 0.378 e. The first-order valence-electron chi connectivity index (χ1n) is 10.4. The van der Waals surface area contributed by atoms with E-state index in [0.717, 1.165) is 17.8 Å². The quantitative estimate of drug-likeness (QED) is 0.654. The summed E-state index contributed by atoms with van der Waals surface area (Å²) in [6, 6.07) is 8.49. The van der Waals surface area contributed by atoms with E-state index in [4.69, 9.17) is 4.74 Å². The van der Waals surface area contributed by atoms with Gasteiger partial charge in [0.2, 0.25) is 11.8 Å². The van der Waals surface area contributed by atoms with Gasteiger partial charge < -0.3 is 20.3 Å². The topological polar surface area (TPSA) is 86.8 Å². The van der Waals surface area contributed by atoms with Gasteiger partial charge in [-0.1, -0.05) is 6.07 Å². The summed E-state index contributed by atoms with van der Waals surface area (Å²) in [6.07, 6.45) is -4.54. The van der Waals surface area contributed by atoms with E-state index in [9.17, 15) is 22.8 Å². The number of ether oxygens (including phenoxy) is 1. The van der Waals surface area contributed by atoms with E-state index in [1.54, 1.807) is 32.2 Å². The fourth-order valence-electron chi connectivity index (χ4n) is 3.42. The molecule has 1 aliphatic heterocycles. The molecule has 1 aliphatic rings. The van der Waals surface area contributed by atoms with Gasteiger partial charge in [0, 0.05) is 18.8 Å². The molecule has 178 valence electrons. The van der Waals surface area contributed by atoms with Gasteiger partial charge in [0.15, 0.2) is 0 Å². The van der Waals surface area contributed by atoms with Gasteiger partial charge in [-0.3, -0.25) is 14.5 Å². The van der Waals surface area contributed by atoms with E-state index in [-0.39, 0.29) is 24.7 Å². The fourth-order valence-corrected chi connectivity index (χ4v) is 3.42. The van der Waals surface area contributed by atoms with E-state index in [0.29, 0.717) is 37.8 Å². The largest absolute Gasteiger partial charge is 0.416 e. The van der Waals surface area contributed by atoms with Crippen LogP contribution in [0.15, 0.2) is 36.4 Å². The standard InChI is InChI=1S/C22H26F3N5O3/c1-15-4-3-5-19(26-15)28-21(32)14-29(2)13-20(31)27-17-12-16(22(23,24)25)6-7-18(17)30-8-10-33-11-9-30/h3-7,12H,8-11,13-14H2,1-2H3,(H,27,31)(H,26,28,32). The Labute approximate surface area is 189 Å². The number of rotatable bonds is 7. The SMILES string of the molecule is Cc1cccc(NC(=O)CN(C)CC(=O)Nc2cc(C(F)(F)F)ccc2N2CCOCC2)n1. The summed E-state index contributed by atoms with van der Waals surface area (Å²) in [6.45, 7) is 3.41. The molecular formula is C22H26F3N5O3. The van der Waals surface area contributed by atoms with Gasteiger partial charge in [0.1, 0.15) is 5.82 Å². The molecule has 0 atom stereocenters. The summed E-state index contributed by atoms with van der Waals surface area (Å²) in [5, 5.41) is 5.22. The molecule has 8 nitrogen and oxygen atoms in total. The Morgan fingerprint density at radius 2 is 1.76 bits per heavy atom. The molecule has 0 spiro atoms. The van der Waals surface area contributed by atoms with Crippen molar-refractivity contribution in [3.8, 4) is 0 Å². The Morgan fingerprint density at radius 1 is 1.09 bits per heavy atom. The van der Waals surface area contributed by atoms with Crippen molar-refractivity contribution < 1.29 is 27.5 Å². The number of morpholine rings is 1. The molecule has 1 aromatic heterocycles. The number of carbonyl (C=O) groups is 2. The van der Waals surface area contributed by atoms with Crippen LogP contribution in [0.4, 0.5) is 30.4 Å². The lowest BCUT2D eigenvalue weighted by Gasteiger charge is -2.31. The Hall–Kier alpha value is -3.18. The molecule has 11 heteroatoms. The normalized spacial score (nSPS) is 14.3. The molecule has 3 rings (SSSR count). The van der Waals surface area contributed by atoms with Gasteiger partial charge in [-0.25, -0.2) is 4.98 Å². The molecule has 1 saturated heterocycles. The molecule has 2 amide bonds. The highest BCUT2D eigenvalue weighted by Crippen LogP contribution is 2.35. The lowest BCUT2D eigenvalue weighted by molar-refractivity contribution is -0.137. The van der Waals surface area contributed by atoms with E-state index in [1.165, 1.54) is 11.0 Å². The minimum Gasteiger partial charge on any atom is -0.378 e. The molecule has 0 saturated carbocycles. The van der Waals surface area contributed by atoms with Gasteiger partial charge >= 0.3 is 6.18 Å². The highest BCUT2D eigenvalue weighted by Gasteiger charge is 2.32. The van der Waals surface area contributed by atoms with Crippen molar-refractivity contribution in [2.45, 2.75) is 13.1 Å². The second-order valence-corrected chi connectivity index (χ2v) is 7.76. The number of carbonyl (C=O) groups excluding carboxylic acids is 2. The number of nitrogens with one attached hydrogen (secondary N) is 2. The number of nitrogens with zero attached hydrogens (tertiary/aromatic N) is 3. The van der Waals surface area contributed by atoms with Gasteiger partial charge in [-0.2, -0.15) is 13.2 Å². The molecule has 0 aliphatic carbocycles. The first-order valence-corrected chi connectivity index (χ1v) is 10.4. The van der Waals surface area contributed by atoms with Crippen LogP contribution >= 0.6 is 0 Å². The molecule has 2 aromatic rings. The number of halogens is 3. The second-order valence-electron chi connectivity index (χ2n) is 7.76. The fraction of sp³-hybridized carbons (Fsp3) is 0.409. The van der Waals surface area contributed by atoms with Crippen molar-refractivity contribution in [1.82, 2.24) is 9.88 Å². The summed E-state index contributed by atoms with van der Waals surface area (Å²) >= 11 is 0. The molecule has 2 heterocycles. The maximum Gasteiger partial charge on any atom is 0.416 e. The van der Waals surface area contributed by atoms with E-state index < -0.39 is 17.6 Å². The maximum absolute atomic E-state index is 13.2. The van der Waals surface area contributed by atoms with E-state index in [1.807, 2.05) is 4.90 Å². The number of pyridine rings is 1. The molecule has 33 heavy (non-hydrogen) atoms. The first-order chi connectivity index (χ1) is 15.6. The van der Waals surface area contributed by atoms with Crippen LogP contribution in [-0.2, 0) is 20.5 Å². The van der Waals surface area contributed by atoms with Gasteiger partial charge in [0.05, 0.1) is 43.2 Å². The molecular weight excluding hydrogens is 439 g/mol. The van der Waals surface area contributed by atoms with Crippen molar-refractivity contribution in [2.75, 3.05) is 62.0 Å². The number of hydrogen-bond acceptors (Lipinski definition) is 6. The van der Waals surface area contributed by atoms with Gasteiger partial charge in [-0.15, -0.1) is 0 Å². The van der Waals surface area contributed by atoms with Crippen molar-refractivity contribution in [3.63, 3.8) is 0 Å². The molecule has 0 bridgehead atoms. The number of anilines is 3. The average molecular weight is 465 g/mol. The molecule has 1 aromatic carbocycles. The van der Waals surface area contributed by atoms with E-state index >= 15 is 0 Å². The number of hydrogen-bond donors (Lipinski definition) is 2. The second kappa shape index (κ2) is 10.6. The maximum atomic E-state index is 13.2. The van der Waals surface area contributed by atoms with Crippen LogP contribution in [0.5, 0.6) is 0 Å². The number of aromatic nitrogens is 1. The Kier molecular flexibility index (Phi) is 7.88. The predicted molar refractivity (Wildman–Crippen MR) is 118 cm³/mol. The van der Waals surface area contributed by atoms with Crippen LogP contribution in [0, 0.1) is 6.92 Å². The van der Waals surface area contributed by atoms with Crippen LogP contribution in [0.3, 0.4) is 0 Å². The van der Waals surface area contributed by atoms with E-state index in [2.05, 4.69) is 15.6 Å². The van der Waals surface area contributed by atoms with Gasteiger partial charge in [-0.05, 0) is 44.3 Å². The van der Waals surface area contributed by atoms with Crippen LogP contribution in [0.2, 0.25) is 0 Å². The zero-order valence-corrected chi connectivity index (χ0v) is 18.4. The first kappa shape index (κ1) is 24.5.